The molecule has 1 aliphatic rings. The molecule has 0 radical (unpaired) electrons. The Morgan fingerprint density at radius 2 is 2.00 bits per heavy atom. The summed E-state index contributed by atoms with van der Waals surface area (Å²) in [4.78, 5) is 11.0. The van der Waals surface area contributed by atoms with E-state index in [1.807, 2.05) is 0 Å². The average molecular weight is 290 g/mol. The molecule has 1 unspecified atom stereocenters. The first-order valence-electron chi connectivity index (χ1n) is 6.24. The van der Waals surface area contributed by atoms with Crippen LogP contribution in [-0.4, -0.2) is 29.7 Å². The fourth-order valence-electron chi connectivity index (χ4n) is 2.22. The SMILES string of the molecule is O=C1CCN(C(CCc2ccccc2F)C(F)(F)F)N1. The molecule has 0 aromatic heterocycles. The minimum Gasteiger partial charge on any atom is -0.288 e. The number of halogens is 4. The number of hydrogen-bond acceptors (Lipinski definition) is 2. The summed E-state index contributed by atoms with van der Waals surface area (Å²) in [5.41, 5.74) is 2.43. The second kappa shape index (κ2) is 5.78. The van der Waals surface area contributed by atoms with Crippen LogP contribution in [0.3, 0.4) is 0 Å². The maximum Gasteiger partial charge on any atom is 0.405 e. The number of benzene rings is 1. The third-order valence-electron chi connectivity index (χ3n) is 3.25. The Bertz CT molecular complexity index is 490. The van der Waals surface area contributed by atoms with Gasteiger partial charge in [0.05, 0.1) is 0 Å². The van der Waals surface area contributed by atoms with Crippen molar-refractivity contribution in [3.63, 3.8) is 0 Å². The summed E-state index contributed by atoms with van der Waals surface area (Å²) < 4.78 is 52.5. The van der Waals surface area contributed by atoms with Crippen LogP contribution in [0.25, 0.3) is 0 Å². The Labute approximate surface area is 113 Å². The second-order valence-corrected chi connectivity index (χ2v) is 4.67. The Morgan fingerprint density at radius 3 is 2.55 bits per heavy atom. The van der Waals surface area contributed by atoms with Gasteiger partial charge in [-0.2, -0.15) is 13.2 Å². The molecule has 7 heteroatoms. The molecule has 1 N–H and O–H groups in total. The van der Waals surface area contributed by atoms with Crippen LogP contribution >= 0.6 is 0 Å². The lowest BCUT2D eigenvalue weighted by Crippen LogP contribution is -2.50. The van der Waals surface area contributed by atoms with Gasteiger partial charge in [-0.15, -0.1) is 0 Å². The molecule has 1 aromatic carbocycles. The van der Waals surface area contributed by atoms with Crippen LogP contribution in [0.2, 0.25) is 0 Å². The quantitative estimate of drug-likeness (QED) is 0.864. The Hall–Kier alpha value is -1.63. The van der Waals surface area contributed by atoms with Gasteiger partial charge >= 0.3 is 6.18 Å². The lowest BCUT2D eigenvalue weighted by atomic mass is 10.0. The van der Waals surface area contributed by atoms with E-state index in [-0.39, 0.29) is 31.4 Å². The Kier molecular flexibility index (Phi) is 4.27. The zero-order valence-electron chi connectivity index (χ0n) is 10.6. The van der Waals surface area contributed by atoms with E-state index in [0.717, 1.165) is 5.01 Å². The summed E-state index contributed by atoms with van der Waals surface area (Å²) >= 11 is 0. The monoisotopic (exact) mass is 290 g/mol. The highest BCUT2D eigenvalue weighted by molar-refractivity contribution is 5.77. The van der Waals surface area contributed by atoms with Gasteiger partial charge < -0.3 is 0 Å². The van der Waals surface area contributed by atoms with Gasteiger partial charge in [0.25, 0.3) is 0 Å². The number of rotatable bonds is 4. The molecule has 1 aromatic rings. The number of nitrogens with zero attached hydrogens (tertiary/aromatic N) is 1. The van der Waals surface area contributed by atoms with Crippen LogP contribution in [-0.2, 0) is 11.2 Å². The lowest BCUT2D eigenvalue weighted by molar-refractivity contribution is -0.189. The molecule has 1 amide bonds. The van der Waals surface area contributed by atoms with E-state index in [0.29, 0.717) is 0 Å². The number of carbonyl (C=O) groups excluding carboxylic acids is 1. The van der Waals surface area contributed by atoms with Gasteiger partial charge in [0, 0.05) is 13.0 Å². The van der Waals surface area contributed by atoms with Crippen molar-refractivity contribution in [2.24, 2.45) is 0 Å². The molecular formula is C13H14F4N2O. The zero-order valence-corrected chi connectivity index (χ0v) is 10.6. The van der Waals surface area contributed by atoms with E-state index in [4.69, 9.17) is 0 Å². The second-order valence-electron chi connectivity index (χ2n) is 4.67. The van der Waals surface area contributed by atoms with Gasteiger partial charge in [-0.1, -0.05) is 18.2 Å². The molecular weight excluding hydrogens is 276 g/mol. The molecule has 0 saturated carbocycles. The summed E-state index contributed by atoms with van der Waals surface area (Å²) in [6.45, 7) is 0.0142. The number of alkyl halides is 3. The number of amides is 1. The third kappa shape index (κ3) is 3.47. The molecule has 2 rings (SSSR count). The summed E-state index contributed by atoms with van der Waals surface area (Å²) in [5, 5.41) is 0.892. The van der Waals surface area contributed by atoms with E-state index in [9.17, 15) is 22.4 Å². The topological polar surface area (TPSA) is 32.3 Å². The fourth-order valence-corrected chi connectivity index (χ4v) is 2.22. The molecule has 0 bridgehead atoms. The minimum absolute atomic E-state index is 0.0142. The van der Waals surface area contributed by atoms with Gasteiger partial charge in [0.15, 0.2) is 0 Å². The molecule has 1 heterocycles. The number of hydrogen-bond donors (Lipinski definition) is 1. The van der Waals surface area contributed by atoms with Crippen LogP contribution in [0, 0.1) is 5.82 Å². The molecule has 110 valence electrons. The van der Waals surface area contributed by atoms with Crippen molar-refractivity contribution in [3.05, 3.63) is 35.6 Å². The van der Waals surface area contributed by atoms with E-state index in [1.54, 1.807) is 6.07 Å². The first kappa shape index (κ1) is 14.8. The molecule has 20 heavy (non-hydrogen) atoms. The zero-order chi connectivity index (χ0) is 14.8. The highest BCUT2D eigenvalue weighted by Gasteiger charge is 2.45. The maximum absolute atomic E-state index is 13.4. The summed E-state index contributed by atoms with van der Waals surface area (Å²) in [7, 11) is 0. The molecule has 1 saturated heterocycles. The van der Waals surface area contributed by atoms with Crippen molar-refractivity contribution in [1.29, 1.82) is 0 Å². The van der Waals surface area contributed by atoms with Gasteiger partial charge in [-0.3, -0.25) is 10.2 Å². The highest BCUT2D eigenvalue weighted by Crippen LogP contribution is 2.29. The lowest BCUT2D eigenvalue weighted by Gasteiger charge is -2.28. The van der Waals surface area contributed by atoms with E-state index < -0.39 is 23.9 Å². The molecule has 3 nitrogen and oxygen atoms in total. The number of carbonyl (C=O) groups is 1. The summed E-state index contributed by atoms with van der Waals surface area (Å²) in [6.07, 6.45) is -4.76. The van der Waals surface area contributed by atoms with Crippen LogP contribution in [0.1, 0.15) is 18.4 Å². The van der Waals surface area contributed by atoms with Crippen LogP contribution < -0.4 is 5.43 Å². The third-order valence-corrected chi connectivity index (χ3v) is 3.25. The van der Waals surface area contributed by atoms with Crippen LogP contribution in [0.4, 0.5) is 17.6 Å². The smallest absolute Gasteiger partial charge is 0.288 e. The van der Waals surface area contributed by atoms with Crippen molar-refractivity contribution < 1.29 is 22.4 Å². The van der Waals surface area contributed by atoms with Gasteiger partial charge in [-0.25, -0.2) is 9.40 Å². The van der Waals surface area contributed by atoms with Crippen molar-refractivity contribution in [2.45, 2.75) is 31.5 Å². The molecule has 1 aliphatic heterocycles. The predicted octanol–water partition coefficient (Wildman–Crippen LogP) is 2.43. The molecule has 1 atom stereocenters. The number of nitrogens with one attached hydrogen (secondary N) is 1. The number of aryl methyl sites for hydroxylation is 1. The fraction of sp³-hybridized carbons (Fsp3) is 0.462. The van der Waals surface area contributed by atoms with Crippen LogP contribution in [0.5, 0.6) is 0 Å². The van der Waals surface area contributed by atoms with E-state index >= 15 is 0 Å². The minimum atomic E-state index is -4.47. The Balaban J connectivity index is 2.05. The maximum atomic E-state index is 13.4. The van der Waals surface area contributed by atoms with E-state index in [1.165, 1.54) is 18.2 Å². The standard InChI is InChI=1S/C13H14F4N2O/c14-10-4-2-1-3-9(10)5-6-11(13(15,16)17)19-8-7-12(20)18-19/h1-4,11H,5-8H2,(H,18,20). The Morgan fingerprint density at radius 1 is 1.30 bits per heavy atom. The normalized spacial score (nSPS) is 18.1. The summed E-state index contributed by atoms with van der Waals surface area (Å²) in [6, 6.07) is 3.95. The van der Waals surface area contributed by atoms with Crippen LogP contribution in [0.15, 0.2) is 24.3 Å². The first-order chi connectivity index (χ1) is 9.38. The highest BCUT2D eigenvalue weighted by atomic mass is 19.4. The van der Waals surface area contributed by atoms with Gasteiger partial charge in [-0.05, 0) is 24.5 Å². The van der Waals surface area contributed by atoms with Crippen molar-refractivity contribution >= 4 is 5.91 Å². The van der Waals surface area contributed by atoms with E-state index in [2.05, 4.69) is 5.43 Å². The van der Waals surface area contributed by atoms with Crippen molar-refractivity contribution in [3.8, 4) is 0 Å². The van der Waals surface area contributed by atoms with Crippen molar-refractivity contribution in [2.75, 3.05) is 6.54 Å². The van der Waals surface area contributed by atoms with Gasteiger partial charge in [0.2, 0.25) is 5.91 Å². The molecule has 0 aliphatic carbocycles. The average Bonchev–Trinajstić information content (AvgIpc) is 2.76. The first-order valence-corrected chi connectivity index (χ1v) is 6.24. The number of hydrazine groups is 1. The molecule has 0 spiro atoms. The molecule has 1 fully saturated rings. The van der Waals surface area contributed by atoms with Gasteiger partial charge in [0.1, 0.15) is 11.9 Å². The van der Waals surface area contributed by atoms with Crippen molar-refractivity contribution in [1.82, 2.24) is 10.4 Å². The largest absolute Gasteiger partial charge is 0.405 e. The summed E-state index contributed by atoms with van der Waals surface area (Å²) in [5.74, 6) is -0.941. The predicted molar refractivity (Wildman–Crippen MR) is 64.0 cm³/mol.